The Morgan fingerprint density at radius 3 is 2.83 bits per heavy atom. The largest absolute Gasteiger partial charge is 0.504 e. The second-order valence-corrected chi connectivity index (χ2v) is 2.34. The second-order valence-electron chi connectivity index (χ2n) is 2.34. The highest BCUT2D eigenvalue weighted by molar-refractivity contribution is 5.42. The number of phenolic OH excluding ortho intramolecular Hbond substituents is 1. The van der Waals surface area contributed by atoms with Gasteiger partial charge < -0.3 is 9.84 Å². The highest BCUT2D eigenvalue weighted by atomic mass is 16.5. The van der Waals surface area contributed by atoms with Crippen molar-refractivity contribution in [1.82, 2.24) is 0 Å². The van der Waals surface area contributed by atoms with Crippen molar-refractivity contribution >= 4 is 0 Å². The zero-order chi connectivity index (χ0) is 8.97. The lowest BCUT2D eigenvalue weighted by molar-refractivity contribution is 0.373. The number of hydrogen-bond acceptors (Lipinski definition) is 3. The summed E-state index contributed by atoms with van der Waals surface area (Å²) in [5, 5.41) is 17.7. The van der Waals surface area contributed by atoms with Crippen LogP contribution in [0.2, 0.25) is 0 Å². The molecule has 12 heavy (non-hydrogen) atoms. The lowest BCUT2D eigenvalue weighted by Crippen LogP contribution is -1.86. The summed E-state index contributed by atoms with van der Waals surface area (Å²) in [7, 11) is 1.49. The van der Waals surface area contributed by atoms with Gasteiger partial charge in [0.15, 0.2) is 11.5 Å². The first-order valence-corrected chi connectivity index (χ1v) is 3.50. The Bertz CT molecular complexity index is 315. The minimum absolute atomic E-state index is 0.0743. The Hall–Kier alpha value is -1.69. The van der Waals surface area contributed by atoms with Crippen LogP contribution in [0.25, 0.3) is 0 Å². The van der Waals surface area contributed by atoms with Gasteiger partial charge in [-0.15, -0.1) is 0 Å². The molecule has 0 aliphatic carbocycles. The van der Waals surface area contributed by atoms with E-state index in [1.165, 1.54) is 13.2 Å². The van der Waals surface area contributed by atoms with Crippen molar-refractivity contribution in [1.29, 1.82) is 5.26 Å². The highest BCUT2D eigenvalue weighted by Crippen LogP contribution is 2.26. The second kappa shape index (κ2) is 3.63. The molecule has 0 aromatic heterocycles. The average molecular weight is 165 g/mol. The third kappa shape index (κ3) is 1.67. The Balaban J connectivity index is 2.95. The minimum Gasteiger partial charge on any atom is -0.504 e. The van der Waals surface area contributed by atoms with Crippen LogP contribution in [0.5, 0.6) is 11.5 Å². The fourth-order valence-corrected chi connectivity index (χ4v) is 0.937. The van der Waals surface area contributed by atoms with Crippen molar-refractivity contribution in [2.45, 2.75) is 6.42 Å². The summed E-state index contributed by atoms with van der Waals surface area (Å²) in [5.41, 5.74) is 0.788. The van der Waals surface area contributed by atoms with Crippen molar-refractivity contribution in [3.05, 3.63) is 23.8 Å². The third-order valence-electron chi connectivity index (χ3n) is 1.53. The van der Waals surface area contributed by atoms with Crippen LogP contribution >= 0.6 is 0 Å². The summed E-state index contributed by atoms with van der Waals surface area (Å²) in [6.45, 7) is 0. The third-order valence-corrected chi connectivity index (χ3v) is 1.53. The SMILES string of the molecule is COc1ccc(C[14C]#N)cc1O. The topological polar surface area (TPSA) is 53.2 Å². The van der Waals surface area contributed by atoms with E-state index in [1.54, 1.807) is 12.1 Å². The van der Waals surface area contributed by atoms with E-state index >= 15 is 0 Å². The van der Waals surface area contributed by atoms with E-state index in [1.807, 2.05) is 6.07 Å². The molecule has 0 radical (unpaired) electrons. The monoisotopic (exact) mass is 165 g/mol. The number of ether oxygens (including phenoxy) is 1. The number of nitrogens with zero attached hydrogens (tertiary/aromatic N) is 1. The van der Waals surface area contributed by atoms with Crippen molar-refractivity contribution in [3.63, 3.8) is 0 Å². The van der Waals surface area contributed by atoms with E-state index in [9.17, 15) is 5.11 Å². The van der Waals surface area contributed by atoms with Crippen molar-refractivity contribution in [2.24, 2.45) is 0 Å². The molecule has 1 rings (SSSR count). The van der Waals surface area contributed by atoms with Gasteiger partial charge in [-0.1, -0.05) is 6.07 Å². The molecule has 1 N–H and O–H groups in total. The molecule has 0 amide bonds. The first-order chi connectivity index (χ1) is 5.77. The summed E-state index contributed by atoms with van der Waals surface area (Å²) >= 11 is 0. The predicted molar refractivity (Wildman–Crippen MR) is 44.0 cm³/mol. The number of aromatic hydroxyl groups is 1. The molecule has 0 aliphatic rings. The smallest absolute Gasteiger partial charge is 0.160 e. The first kappa shape index (κ1) is 8.41. The van der Waals surface area contributed by atoms with E-state index < -0.39 is 0 Å². The zero-order valence-electron chi connectivity index (χ0n) is 6.74. The van der Waals surface area contributed by atoms with Gasteiger partial charge in [-0.05, 0) is 17.7 Å². The predicted octanol–water partition coefficient (Wildman–Crippen LogP) is 1.47. The molecule has 1 aromatic rings. The Labute approximate surface area is 70.8 Å². The van der Waals surface area contributed by atoms with Crippen LogP contribution < -0.4 is 4.74 Å². The molecule has 3 nitrogen and oxygen atoms in total. The molecule has 0 unspecified atom stereocenters. The van der Waals surface area contributed by atoms with Crippen LogP contribution in [0, 0.1) is 11.3 Å². The lowest BCUT2D eigenvalue weighted by atomic mass is 10.2. The van der Waals surface area contributed by atoms with Crippen LogP contribution in [-0.2, 0) is 6.42 Å². The maximum Gasteiger partial charge on any atom is 0.160 e. The van der Waals surface area contributed by atoms with Crippen LogP contribution in [0.15, 0.2) is 18.2 Å². The molecule has 3 heteroatoms. The van der Waals surface area contributed by atoms with Gasteiger partial charge in [0, 0.05) is 0 Å². The Kier molecular flexibility index (Phi) is 2.54. The molecule has 0 saturated heterocycles. The van der Waals surface area contributed by atoms with Gasteiger partial charge in [0.2, 0.25) is 0 Å². The molecule has 0 aliphatic heterocycles. The summed E-state index contributed by atoms with van der Waals surface area (Å²) < 4.78 is 4.85. The highest BCUT2D eigenvalue weighted by Gasteiger charge is 2.00. The van der Waals surface area contributed by atoms with Crippen LogP contribution in [-0.4, -0.2) is 12.2 Å². The van der Waals surface area contributed by atoms with Crippen molar-refractivity contribution < 1.29 is 9.84 Å². The van der Waals surface area contributed by atoms with E-state index in [-0.39, 0.29) is 5.75 Å². The fraction of sp³-hybridized carbons (Fsp3) is 0.222. The molecule has 0 atom stereocenters. The van der Waals surface area contributed by atoms with Crippen molar-refractivity contribution in [3.8, 4) is 17.6 Å². The zero-order valence-corrected chi connectivity index (χ0v) is 6.74. The summed E-state index contributed by atoms with van der Waals surface area (Å²) in [6.07, 6.45) is 0.303. The number of phenols is 1. The van der Waals surface area contributed by atoms with E-state index in [0.717, 1.165) is 5.56 Å². The van der Waals surface area contributed by atoms with E-state index in [0.29, 0.717) is 12.2 Å². The lowest BCUT2D eigenvalue weighted by Gasteiger charge is -2.03. The summed E-state index contributed by atoms with van der Waals surface area (Å²) in [4.78, 5) is 0. The molecule has 1 aromatic carbocycles. The van der Waals surface area contributed by atoms with Crippen LogP contribution in [0.3, 0.4) is 0 Å². The maximum absolute atomic E-state index is 9.28. The van der Waals surface area contributed by atoms with Gasteiger partial charge >= 0.3 is 0 Å². The summed E-state index contributed by atoms with van der Waals surface area (Å²) in [6, 6.07) is 6.92. The van der Waals surface area contributed by atoms with Gasteiger partial charge in [0.05, 0.1) is 19.6 Å². The van der Waals surface area contributed by atoms with Crippen LogP contribution in [0.1, 0.15) is 5.56 Å². The standard InChI is InChI=1S/C9H9NO2/c1-12-9-3-2-7(4-5-10)6-8(9)11/h2-3,6,11H,4H2,1H3/i5+2. The normalized spacial score (nSPS) is 9.00. The summed E-state index contributed by atoms with van der Waals surface area (Å²) in [5.74, 6) is 0.502. The molecule has 62 valence electrons. The molecule has 0 saturated carbocycles. The molecular weight excluding hydrogens is 156 g/mol. The number of rotatable bonds is 2. The van der Waals surface area contributed by atoms with Crippen LogP contribution in [0.4, 0.5) is 0 Å². The molecule has 0 heterocycles. The van der Waals surface area contributed by atoms with Gasteiger partial charge in [-0.2, -0.15) is 5.26 Å². The number of benzene rings is 1. The number of hydrogen-bond donors (Lipinski definition) is 1. The first-order valence-electron chi connectivity index (χ1n) is 3.50. The molecule has 0 spiro atoms. The molecule has 0 bridgehead atoms. The minimum atomic E-state index is 0.0743. The van der Waals surface area contributed by atoms with Gasteiger partial charge in [0.1, 0.15) is 0 Å². The van der Waals surface area contributed by atoms with Gasteiger partial charge in [0.25, 0.3) is 0 Å². The van der Waals surface area contributed by atoms with Gasteiger partial charge in [-0.3, -0.25) is 0 Å². The Morgan fingerprint density at radius 2 is 2.33 bits per heavy atom. The average Bonchev–Trinajstić information content (AvgIpc) is 2.05. The Morgan fingerprint density at radius 1 is 1.58 bits per heavy atom. The molecular formula is C9H9NO2. The maximum atomic E-state index is 9.28. The van der Waals surface area contributed by atoms with Crippen molar-refractivity contribution in [2.75, 3.05) is 7.11 Å². The number of methoxy groups -OCH3 is 1. The number of nitriles is 1. The fourth-order valence-electron chi connectivity index (χ4n) is 0.937. The van der Waals surface area contributed by atoms with E-state index in [4.69, 9.17) is 10.00 Å². The van der Waals surface area contributed by atoms with E-state index in [2.05, 4.69) is 0 Å². The molecule has 0 fully saturated rings. The quantitative estimate of drug-likeness (QED) is 0.721. The van der Waals surface area contributed by atoms with Gasteiger partial charge in [-0.25, -0.2) is 0 Å².